The summed E-state index contributed by atoms with van der Waals surface area (Å²) >= 11 is 0. The molecule has 12 heavy (non-hydrogen) atoms. The van der Waals surface area contributed by atoms with Crippen molar-refractivity contribution in [2.45, 2.75) is 46.1 Å². The van der Waals surface area contributed by atoms with Crippen LogP contribution in [0.4, 0.5) is 0 Å². The standard InChI is InChI=1S/C11H23N/c1-8(2)11(12-4)10-7-5-6-9(10)3/h8-12H,5-7H2,1-4H3. The minimum absolute atomic E-state index is 0.738. The first kappa shape index (κ1) is 10.0. The lowest BCUT2D eigenvalue weighted by atomic mass is 9.84. The molecule has 1 rings (SSSR count). The molecule has 1 saturated carbocycles. The van der Waals surface area contributed by atoms with Crippen LogP contribution in [0.5, 0.6) is 0 Å². The third kappa shape index (κ3) is 2.01. The normalized spacial score (nSPS) is 32.8. The molecular weight excluding hydrogens is 146 g/mol. The second-order valence-electron chi connectivity index (χ2n) is 4.63. The topological polar surface area (TPSA) is 12.0 Å². The van der Waals surface area contributed by atoms with Gasteiger partial charge in [0.05, 0.1) is 0 Å². The minimum Gasteiger partial charge on any atom is -0.316 e. The second kappa shape index (κ2) is 4.27. The van der Waals surface area contributed by atoms with E-state index in [0.717, 1.165) is 23.8 Å². The largest absolute Gasteiger partial charge is 0.316 e. The van der Waals surface area contributed by atoms with Crippen molar-refractivity contribution in [3.63, 3.8) is 0 Å². The lowest BCUT2D eigenvalue weighted by Crippen LogP contribution is -2.39. The van der Waals surface area contributed by atoms with Gasteiger partial charge in [0.25, 0.3) is 0 Å². The van der Waals surface area contributed by atoms with Crippen molar-refractivity contribution in [1.82, 2.24) is 5.32 Å². The molecule has 0 amide bonds. The molecule has 3 unspecified atom stereocenters. The SMILES string of the molecule is CNC(C(C)C)C1CCCC1C. The van der Waals surface area contributed by atoms with E-state index < -0.39 is 0 Å². The highest BCUT2D eigenvalue weighted by atomic mass is 14.9. The van der Waals surface area contributed by atoms with Gasteiger partial charge in [0.15, 0.2) is 0 Å². The Balaban J connectivity index is 2.52. The molecule has 1 aliphatic rings. The molecule has 0 bridgehead atoms. The van der Waals surface area contributed by atoms with E-state index in [9.17, 15) is 0 Å². The first-order valence-electron chi connectivity index (χ1n) is 5.34. The molecule has 0 saturated heterocycles. The first-order chi connectivity index (χ1) is 5.66. The quantitative estimate of drug-likeness (QED) is 0.685. The molecule has 0 aromatic heterocycles. The lowest BCUT2D eigenvalue weighted by molar-refractivity contribution is 0.253. The van der Waals surface area contributed by atoms with Crippen LogP contribution in [-0.2, 0) is 0 Å². The van der Waals surface area contributed by atoms with Crippen LogP contribution in [0.3, 0.4) is 0 Å². The molecule has 0 radical (unpaired) electrons. The Bertz CT molecular complexity index is 131. The molecule has 0 aromatic rings. The molecule has 1 N–H and O–H groups in total. The van der Waals surface area contributed by atoms with Crippen LogP contribution in [0.1, 0.15) is 40.0 Å². The van der Waals surface area contributed by atoms with Crippen LogP contribution in [0, 0.1) is 17.8 Å². The third-order valence-corrected chi connectivity index (χ3v) is 3.44. The fraction of sp³-hybridized carbons (Fsp3) is 1.00. The van der Waals surface area contributed by atoms with Crippen LogP contribution >= 0.6 is 0 Å². The second-order valence-corrected chi connectivity index (χ2v) is 4.63. The van der Waals surface area contributed by atoms with Crippen molar-refractivity contribution in [3.8, 4) is 0 Å². The summed E-state index contributed by atoms with van der Waals surface area (Å²) in [6.45, 7) is 7.06. The number of hydrogen-bond acceptors (Lipinski definition) is 1. The van der Waals surface area contributed by atoms with Gasteiger partial charge in [-0.2, -0.15) is 0 Å². The highest BCUT2D eigenvalue weighted by Gasteiger charge is 2.31. The van der Waals surface area contributed by atoms with Gasteiger partial charge >= 0.3 is 0 Å². The predicted octanol–water partition coefficient (Wildman–Crippen LogP) is 2.67. The summed E-state index contributed by atoms with van der Waals surface area (Å²) in [6, 6.07) is 0.738. The number of rotatable bonds is 3. The zero-order valence-corrected chi connectivity index (χ0v) is 8.93. The van der Waals surface area contributed by atoms with Crippen molar-refractivity contribution < 1.29 is 0 Å². The Hall–Kier alpha value is -0.0400. The summed E-state index contributed by atoms with van der Waals surface area (Å²) in [5, 5.41) is 3.47. The Morgan fingerprint density at radius 2 is 1.92 bits per heavy atom. The zero-order valence-electron chi connectivity index (χ0n) is 8.93. The molecule has 0 spiro atoms. The fourth-order valence-electron chi connectivity index (χ4n) is 2.75. The van der Waals surface area contributed by atoms with Gasteiger partial charge in [0, 0.05) is 6.04 Å². The Kier molecular flexibility index (Phi) is 3.57. The van der Waals surface area contributed by atoms with E-state index >= 15 is 0 Å². The fourth-order valence-corrected chi connectivity index (χ4v) is 2.75. The van der Waals surface area contributed by atoms with Gasteiger partial charge in [-0.25, -0.2) is 0 Å². The van der Waals surface area contributed by atoms with Crippen LogP contribution in [-0.4, -0.2) is 13.1 Å². The van der Waals surface area contributed by atoms with Crippen LogP contribution in [0.15, 0.2) is 0 Å². The molecule has 0 aliphatic heterocycles. The molecule has 72 valence electrons. The maximum absolute atomic E-state index is 3.47. The predicted molar refractivity (Wildman–Crippen MR) is 54.2 cm³/mol. The monoisotopic (exact) mass is 169 g/mol. The molecule has 3 atom stereocenters. The van der Waals surface area contributed by atoms with Gasteiger partial charge < -0.3 is 5.32 Å². The summed E-state index contributed by atoms with van der Waals surface area (Å²) in [7, 11) is 2.11. The van der Waals surface area contributed by atoms with E-state index in [1.54, 1.807) is 0 Å². The van der Waals surface area contributed by atoms with Gasteiger partial charge in [0.2, 0.25) is 0 Å². The van der Waals surface area contributed by atoms with E-state index in [0.29, 0.717) is 0 Å². The summed E-state index contributed by atoms with van der Waals surface area (Å²) in [5.41, 5.74) is 0. The van der Waals surface area contributed by atoms with Gasteiger partial charge in [-0.15, -0.1) is 0 Å². The van der Waals surface area contributed by atoms with E-state index in [1.807, 2.05) is 0 Å². The van der Waals surface area contributed by atoms with Crippen molar-refractivity contribution in [2.75, 3.05) is 7.05 Å². The molecular formula is C11H23N. The van der Waals surface area contributed by atoms with Crippen LogP contribution < -0.4 is 5.32 Å². The van der Waals surface area contributed by atoms with Crippen LogP contribution in [0.2, 0.25) is 0 Å². The van der Waals surface area contributed by atoms with E-state index in [-0.39, 0.29) is 0 Å². The van der Waals surface area contributed by atoms with Gasteiger partial charge in [-0.3, -0.25) is 0 Å². The Morgan fingerprint density at radius 1 is 1.25 bits per heavy atom. The molecule has 1 aliphatic carbocycles. The Labute approximate surface area is 76.9 Å². The average molecular weight is 169 g/mol. The van der Waals surface area contributed by atoms with Gasteiger partial charge in [-0.05, 0) is 31.2 Å². The smallest absolute Gasteiger partial charge is 0.0118 e. The maximum Gasteiger partial charge on any atom is 0.0118 e. The van der Waals surface area contributed by atoms with Gasteiger partial charge in [-0.1, -0.05) is 33.6 Å². The van der Waals surface area contributed by atoms with Crippen molar-refractivity contribution in [2.24, 2.45) is 17.8 Å². The number of nitrogens with one attached hydrogen (secondary N) is 1. The van der Waals surface area contributed by atoms with E-state index in [1.165, 1.54) is 19.3 Å². The summed E-state index contributed by atoms with van der Waals surface area (Å²) < 4.78 is 0. The highest BCUT2D eigenvalue weighted by Crippen LogP contribution is 2.35. The highest BCUT2D eigenvalue weighted by molar-refractivity contribution is 4.85. The zero-order chi connectivity index (χ0) is 9.14. The van der Waals surface area contributed by atoms with E-state index in [2.05, 4.69) is 33.1 Å². The van der Waals surface area contributed by atoms with Crippen molar-refractivity contribution in [3.05, 3.63) is 0 Å². The first-order valence-corrected chi connectivity index (χ1v) is 5.34. The Morgan fingerprint density at radius 3 is 2.25 bits per heavy atom. The van der Waals surface area contributed by atoms with Crippen molar-refractivity contribution >= 4 is 0 Å². The molecule has 1 nitrogen and oxygen atoms in total. The number of hydrogen-bond donors (Lipinski definition) is 1. The molecule has 1 fully saturated rings. The molecule has 1 heteroatoms. The summed E-state index contributed by atoms with van der Waals surface area (Å²) in [4.78, 5) is 0. The maximum atomic E-state index is 3.47. The van der Waals surface area contributed by atoms with Gasteiger partial charge in [0.1, 0.15) is 0 Å². The summed E-state index contributed by atoms with van der Waals surface area (Å²) in [6.07, 6.45) is 4.32. The van der Waals surface area contributed by atoms with Crippen molar-refractivity contribution in [1.29, 1.82) is 0 Å². The average Bonchev–Trinajstić information content (AvgIpc) is 2.38. The third-order valence-electron chi connectivity index (χ3n) is 3.44. The summed E-state index contributed by atoms with van der Waals surface area (Å²) in [5.74, 6) is 2.64. The minimum atomic E-state index is 0.738. The molecule has 0 aromatic carbocycles. The van der Waals surface area contributed by atoms with Crippen LogP contribution in [0.25, 0.3) is 0 Å². The molecule has 0 heterocycles. The lowest BCUT2D eigenvalue weighted by Gasteiger charge is -2.29. The van der Waals surface area contributed by atoms with E-state index in [4.69, 9.17) is 0 Å².